The Labute approximate surface area is 181 Å². The van der Waals surface area contributed by atoms with E-state index in [1.807, 2.05) is 35.9 Å². The average Bonchev–Trinajstić information content (AvgIpc) is 3.54. The molecule has 156 valence electrons. The molecule has 0 saturated carbocycles. The van der Waals surface area contributed by atoms with E-state index in [1.165, 1.54) is 17.6 Å². The molecular weight excluding hydrogens is 416 g/mol. The molecule has 4 heterocycles. The predicted octanol–water partition coefficient (Wildman–Crippen LogP) is 3.93. The fraction of sp³-hybridized carbons (Fsp3) is 0.150. The summed E-state index contributed by atoms with van der Waals surface area (Å²) in [6, 6.07) is 5.77. The van der Waals surface area contributed by atoms with Crippen LogP contribution in [0.5, 0.6) is 5.75 Å². The molecule has 5 rings (SSSR count). The molecule has 10 nitrogen and oxygen atoms in total. The van der Waals surface area contributed by atoms with Crippen LogP contribution in [0.15, 0.2) is 53.1 Å². The largest absolute Gasteiger partial charge is 0.494 e. The molecular formula is C20H18N8O2S. The molecule has 0 aliphatic heterocycles. The van der Waals surface area contributed by atoms with E-state index in [0.29, 0.717) is 35.6 Å². The Balaban J connectivity index is 1.43. The van der Waals surface area contributed by atoms with E-state index < -0.39 is 0 Å². The van der Waals surface area contributed by atoms with Gasteiger partial charge in [-0.15, -0.1) is 11.3 Å². The average molecular weight is 434 g/mol. The number of anilines is 3. The van der Waals surface area contributed by atoms with Gasteiger partial charge in [0.25, 0.3) is 0 Å². The lowest BCUT2D eigenvalue weighted by molar-refractivity contribution is 0.413. The summed E-state index contributed by atoms with van der Waals surface area (Å²) in [6.07, 6.45) is 6.84. The number of methoxy groups -OCH3 is 1. The van der Waals surface area contributed by atoms with E-state index in [1.54, 1.807) is 25.1 Å². The molecule has 4 aromatic heterocycles. The van der Waals surface area contributed by atoms with Crippen LogP contribution in [0.4, 0.5) is 17.5 Å². The number of benzene rings is 1. The lowest BCUT2D eigenvalue weighted by atomic mass is 10.2. The number of hydrogen-bond acceptors (Lipinski definition) is 10. The second-order valence-corrected chi connectivity index (χ2v) is 7.47. The smallest absolute Gasteiger partial charge is 0.231 e. The molecule has 0 aliphatic rings. The third-order valence-corrected chi connectivity index (χ3v) is 5.33. The summed E-state index contributed by atoms with van der Waals surface area (Å²) < 4.78 is 13.6. The van der Waals surface area contributed by atoms with Gasteiger partial charge in [-0.1, -0.05) is 0 Å². The number of aryl methyl sites for hydroxylation is 1. The zero-order valence-corrected chi connectivity index (χ0v) is 17.6. The van der Waals surface area contributed by atoms with Crippen molar-refractivity contribution >= 4 is 39.1 Å². The van der Waals surface area contributed by atoms with Crippen molar-refractivity contribution < 1.29 is 9.15 Å². The Morgan fingerprint density at radius 3 is 2.90 bits per heavy atom. The zero-order valence-electron chi connectivity index (χ0n) is 16.7. The maximum absolute atomic E-state index is 5.58. The monoisotopic (exact) mass is 434 g/mol. The third-order valence-electron chi connectivity index (χ3n) is 4.51. The number of thiazole rings is 1. The normalized spacial score (nSPS) is 11.0. The first kappa shape index (κ1) is 19.0. The number of ether oxygens (including phenoxy) is 1. The molecule has 0 unspecified atom stereocenters. The van der Waals surface area contributed by atoms with Crippen LogP contribution in [0.1, 0.15) is 11.6 Å². The van der Waals surface area contributed by atoms with E-state index in [9.17, 15) is 0 Å². The zero-order chi connectivity index (χ0) is 21.2. The fourth-order valence-corrected chi connectivity index (χ4v) is 3.78. The minimum Gasteiger partial charge on any atom is -0.494 e. The number of fused-ring (bicyclic) bond motifs is 1. The van der Waals surface area contributed by atoms with Crippen molar-refractivity contribution in [3.8, 4) is 11.4 Å². The first-order chi connectivity index (χ1) is 15.2. The second-order valence-electron chi connectivity index (χ2n) is 6.61. The van der Waals surface area contributed by atoms with E-state index >= 15 is 0 Å². The van der Waals surface area contributed by atoms with Gasteiger partial charge in [-0.25, -0.2) is 15.0 Å². The number of aromatic nitrogens is 6. The van der Waals surface area contributed by atoms with Gasteiger partial charge in [-0.3, -0.25) is 0 Å². The molecule has 0 spiro atoms. The Kier molecular flexibility index (Phi) is 4.92. The fourth-order valence-electron chi connectivity index (χ4n) is 3.09. The van der Waals surface area contributed by atoms with Gasteiger partial charge in [0.1, 0.15) is 16.7 Å². The minimum absolute atomic E-state index is 0.406. The third kappa shape index (κ3) is 3.90. The van der Waals surface area contributed by atoms with Crippen LogP contribution >= 0.6 is 11.3 Å². The summed E-state index contributed by atoms with van der Waals surface area (Å²) in [7, 11) is 1.63. The van der Waals surface area contributed by atoms with Crippen LogP contribution in [0, 0.1) is 6.92 Å². The Bertz CT molecular complexity index is 1330. The molecule has 0 amide bonds. The number of imidazole rings is 1. The lowest BCUT2D eigenvalue weighted by Gasteiger charge is -2.13. The van der Waals surface area contributed by atoms with Gasteiger partial charge in [0, 0.05) is 18.0 Å². The SMILES string of the molecule is COc1cc(Nc2nc(NCc3ncco3)c3scnc3n2)ccc1-n1cnc(C)c1. The van der Waals surface area contributed by atoms with Crippen LogP contribution < -0.4 is 15.4 Å². The van der Waals surface area contributed by atoms with Crippen molar-refractivity contribution in [3.63, 3.8) is 0 Å². The van der Waals surface area contributed by atoms with Gasteiger partial charge in [0.05, 0.1) is 43.1 Å². The highest BCUT2D eigenvalue weighted by molar-refractivity contribution is 7.17. The maximum atomic E-state index is 5.58. The number of nitrogens with zero attached hydrogens (tertiary/aromatic N) is 6. The summed E-state index contributed by atoms with van der Waals surface area (Å²) >= 11 is 1.47. The molecule has 1 aromatic carbocycles. The predicted molar refractivity (Wildman–Crippen MR) is 117 cm³/mol. The summed E-state index contributed by atoms with van der Waals surface area (Å²) in [5.74, 6) is 2.34. The number of nitrogens with one attached hydrogen (secondary N) is 2. The van der Waals surface area contributed by atoms with Crippen LogP contribution in [0.3, 0.4) is 0 Å². The molecule has 0 bridgehead atoms. The highest BCUT2D eigenvalue weighted by Gasteiger charge is 2.13. The summed E-state index contributed by atoms with van der Waals surface area (Å²) in [5.41, 5.74) is 4.95. The first-order valence-corrected chi connectivity index (χ1v) is 10.3. The van der Waals surface area contributed by atoms with Crippen LogP contribution in [0.25, 0.3) is 16.0 Å². The van der Waals surface area contributed by atoms with E-state index in [4.69, 9.17) is 9.15 Å². The molecule has 0 fully saturated rings. The Morgan fingerprint density at radius 1 is 1.19 bits per heavy atom. The summed E-state index contributed by atoms with van der Waals surface area (Å²) in [6.45, 7) is 2.35. The number of rotatable bonds is 7. The first-order valence-electron chi connectivity index (χ1n) is 9.39. The topological polar surface area (TPSA) is 116 Å². The Morgan fingerprint density at radius 2 is 2.13 bits per heavy atom. The van der Waals surface area contributed by atoms with Crippen LogP contribution in [-0.4, -0.2) is 36.6 Å². The molecule has 2 N–H and O–H groups in total. The molecule has 0 atom stereocenters. The van der Waals surface area contributed by atoms with Gasteiger partial charge in [-0.05, 0) is 19.1 Å². The summed E-state index contributed by atoms with van der Waals surface area (Å²) in [5, 5.41) is 6.48. The maximum Gasteiger partial charge on any atom is 0.231 e. The van der Waals surface area contributed by atoms with Crippen LogP contribution in [0.2, 0.25) is 0 Å². The van der Waals surface area contributed by atoms with Crippen molar-refractivity contribution in [2.45, 2.75) is 13.5 Å². The van der Waals surface area contributed by atoms with Gasteiger partial charge < -0.3 is 24.4 Å². The quantitative estimate of drug-likeness (QED) is 0.393. The van der Waals surface area contributed by atoms with Gasteiger partial charge in [-0.2, -0.15) is 9.97 Å². The molecule has 0 saturated heterocycles. The lowest BCUT2D eigenvalue weighted by Crippen LogP contribution is -2.05. The van der Waals surface area contributed by atoms with Crippen molar-refractivity contribution in [3.05, 3.63) is 60.3 Å². The van der Waals surface area contributed by atoms with Crippen molar-refractivity contribution in [1.29, 1.82) is 0 Å². The van der Waals surface area contributed by atoms with Crippen molar-refractivity contribution in [1.82, 2.24) is 29.5 Å². The van der Waals surface area contributed by atoms with Crippen LogP contribution in [-0.2, 0) is 6.54 Å². The van der Waals surface area contributed by atoms with Gasteiger partial charge >= 0.3 is 0 Å². The summed E-state index contributed by atoms with van der Waals surface area (Å²) in [4.78, 5) is 21.9. The standard InChI is InChI=1S/C20H18N8O2S/c1-12-9-28(10-23-12)14-4-3-13(7-15(14)29-2)25-20-26-18(17-19(27-20)24-11-31-17)22-8-16-21-5-6-30-16/h3-7,9-11H,8H2,1-2H3,(H2,22,25,26,27). The highest BCUT2D eigenvalue weighted by atomic mass is 32.1. The molecule has 5 aromatic rings. The van der Waals surface area contributed by atoms with E-state index in [-0.39, 0.29) is 0 Å². The minimum atomic E-state index is 0.406. The Hall–Kier alpha value is -3.99. The second kappa shape index (κ2) is 8.03. The molecule has 31 heavy (non-hydrogen) atoms. The van der Waals surface area contributed by atoms with E-state index in [2.05, 4.69) is 35.6 Å². The van der Waals surface area contributed by atoms with Gasteiger partial charge in [0.15, 0.2) is 11.5 Å². The van der Waals surface area contributed by atoms with Crippen molar-refractivity contribution in [2.75, 3.05) is 17.7 Å². The van der Waals surface area contributed by atoms with Gasteiger partial charge in [0.2, 0.25) is 11.8 Å². The molecule has 0 radical (unpaired) electrons. The molecule has 0 aliphatic carbocycles. The number of oxazole rings is 1. The van der Waals surface area contributed by atoms with E-state index in [0.717, 1.165) is 21.8 Å². The van der Waals surface area contributed by atoms with Crippen molar-refractivity contribution in [2.24, 2.45) is 0 Å². The molecule has 11 heteroatoms. The number of hydrogen-bond donors (Lipinski definition) is 2. The highest BCUT2D eigenvalue weighted by Crippen LogP contribution is 2.30.